The molecule has 2 aromatic heterocycles. The third-order valence-corrected chi connectivity index (χ3v) is 5.94. The number of ether oxygens (including phenoxy) is 2. The number of allylic oxidation sites excluding steroid dienone is 1. The van der Waals surface area contributed by atoms with Gasteiger partial charge >= 0.3 is 0 Å². The van der Waals surface area contributed by atoms with Crippen molar-refractivity contribution in [2.24, 2.45) is 0 Å². The summed E-state index contributed by atoms with van der Waals surface area (Å²) in [7, 11) is 3.17. The Morgan fingerprint density at radius 2 is 1.89 bits per heavy atom. The van der Waals surface area contributed by atoms with Gasteiger partial charge in [0, 0.05) is 18.9 Å². The van der Waals surface area contributed by atoms with Crippen molar-refractivity contribution in [3.63, 3.8) is 0 Å². The number of H-pyrrole nitrogens is 1. The number of imidazole rings is 1. The first kappa shape index (κ1) is 24.2. The molecule has 8 nitrogen and oxygen atoms in total. The van der Waals surface area contributed by atoms with Gasteiger partial charge in [0.2, 0.25) is 0 Å². The predicted molar refractivity (Wildman–Crippen MR) is 135 cm³/mol. The van der Waals surface area contributed by atoms with Crippen molar-refractivity contribution in [3.05, 3.63) is 93.4 Å². The summed E-state index contributed by atoms with van der Waals surface area (Å²) in [4.78, 5) is 20.5. The number of aromatic amines is 1. The van der Waals surface area contributed by atoms with Crippen molar-refractivity contribution >= 4 is 11.6 Å². The van der Waals surface area contributed by atoms with E-state index in [0.29, 0.717) is 53.6 Å². The molecule has 4 rings (SSSR count). The lowest BCUT2D eigenvalue weighted by molar-refractivity contribution is 0.273. The van der Waals surface area contributed by atoms with Crippen LogP contribution in [0.1, 0.15) is 47.2 Å². The number of nitrogens with zero attached hydrogens (tertiary/aromatic N) is 3. The predicted octanol–water partition coefficient (Wildman–Crippen LogP) is 3.90. The molecule has 182 valence electrons. The third-order valence-electron chi connectivity index (χ3n) is 5.94. The molecule has 4 aromatic rings. The molecular weight excluding hydrogens is 444 g/mol. The Labute approximate surface area is 203 Å². The van der Waals surface area contributed by atoms with E-state index in [-0.39, 0.29) is 18.1 Å². The molecule has 0 aliphatic rings. The molecule has 0 saturated carbocycles. The summed E-state index contributed by atoms with van der Waals surface area (Å²) in [6.07, 6.45) is 5.70. The molecule has 8 heteroatoms. The Balaban J connectivity index is 1.67. The SMILES string of the molecule is COc1ccc(Cc2nn3c(C(C/C=C/c4ccccc4)CCO)nc(C)c3c(=O)[nH]2)cc1OC. The molecule has 0 radical (unpaired) electrons. The fraction of sp³-hybridized carbons (Fsp3) is 0.296. The van der Waals surface area contributed by atoms with Crippen LogP contribution in [-0.4, -0.2) is 45.5 Å². The maximum absolute atomic E-state index is 13.0. The van der Waals surface area contributed by atoms with Gasteiger partial charge in [-0.15, -0.1) is 0 Å². The zero-order chi connectivity index (χ0) is 24.8. The summed E-state index contributed by atoms with van der Waals surface area (Å²) in [6.45, 7) is 1.82. The fourth-order valence-corrected chi connectivity index (χ4v) is 4.21. The molecule has 0 aliphatic heterocycles. The first-order valence-corrected chi connectivity index (χ1v) is 11.6. The van der Waals surface area contributed by atoms with Crippen LogP contribution in [0.15, 0.2) is 59.4 Å². The topological polar surface area (TPSA) is 102 Å². The smallest absolute Gasteiger partial charge is 0.277 e. The van der Waals surface area contributed by atoms with Gasteiger partial charge in [-0.2, -0.15) is 5.10 Å². The number of fused-ring (bicyclic) bond motifs is 1. The lowest BCUT2D eigenvalue weighted by atomic mass is 10.00. The van der Waals surface area contributed by atoms with Crippen LogP contribution in [0.3, 0.4) is 0 Å². The number of aliphatic hydroxyl groups excluding tert-OH is 1. The third kappa shape index (κ3) is 5.44. The number of hydrogen-bond donors (Lipinski definition) is 2. The van der Waals surface area contributed by atoms with Crippen molar-refractivity contribution in [2.45, 2.75) is 32.1 Å². The van der Waals surface area contributed by atoms with Gasteiger partial charge in [-0.3, -0.25) is 4.79 Å². The van der Waals surface area contributed by atoms with Gasteiger partial charge < -0.3 is 19.6 Å². The lowest BCUT2D eigenvalue weighted by Crippen LogP contribution is -2.19. The average Bonchev–Trinajstić information content (AvgIpc) is 3.20. The van der Waals surface area contributed by atoms with Gasteiger partial charge in [0.05, 0.1) is 19.9 Å². The van der Waals surface area contributed by atoms with Crippen LogP contribution in [0.5, 0.6) is 11.5 Å². The van der Waals surface area contributed by atoms with E-state index in [9.17, 15) is 9.90 Å². The average molecular weight is 475 g/mol. The van der Waals surface area contributed by atoms with Gasteiger partial charge in [-0.1, -0.05) is 48.6 Å². The van der Waals surface area contributed by atoms with Crippen molar-refractivity contribution in [1.82, 2.24) is 19.6 Å². The minimum Gasteiger partial charge on any atom is -0.493 e. The van der Waals surface area contributed by atoms with Crippen LogP contribution >= 0.6 is 0 Å². The van der Waals surface area contributed by atoms with E-state index in [1.54, 1.807) is 25.7 Å². The molecule has 2 aromatic carbocycles. The number of rotatable bonds is 10. The van der Waals surface area contributed by atoms with E-state index >= 15 is 0 Å². The minimum atomic E-state index is -0.241. The lowest BCUT2D eigenvalue weighted by Gasteiger charge is -2.13. The van der Waals surface area contributed by atoms with E-state index in [1.807, 2.05) is 48.5 Å². The molecule has 2 N–H and O–H groups in total. The second kappa shape index (κ2) is 11.0. The van der Waals surface area contributed by atoms with Crippen LogP contribution in [0.25, 0.3) is 11.6 Å². The van der Waals surface area contributed by atoms with Gasteiger partial charge in [0.1, 0.15) is 11.6 Å². The second-order valence-corrected chi connectivity index (χ2v) is 8.34. The molecule has 0 bridgehead atoms. The van der Waals surface area contributed by atoms with E-state index < -0.39 is 0 Å². The summed E-state index contributed by atoms with van der Waals surface area (Å²) >= 11 is 0. The van der Waals surface area contributed by atoms with Crippen molar-refractivity contribution in [2.75, 3.05) is 20.8 Å². The molecule has 2 heterocycles. The van der Waals surface area contributed by atoms with Gasteiger partial charge in [0.25, 0.3) is 5.56 Å². The van der Waals surface area contributed by atoms with E-state index in [2.05, 4.69) is 17.1 Å². The fourth-order valence-electron chi connectivity index (χ4n) is 4.21. The first-order chi connectivity index (χ1) is 17.0. The summed E-state index contributed by atoms with van der Waals surface area (Å²) in [6, 6.07) is 15.6. The molecule has 1 unspecified atom stereocenters. The number of benzene rings is 2. The van der Waals surface area contributed by atoms with E-state index in [0.717, 1.165) is 11.1 Å². The Kier molecular flexibility index (Phi) is 7.62. The highest BCUT2D eigenvalue weighted by atomic mass is 16.5. The maximum Gasteiger partial charge on any atom is 0.277 e. The number of methoxy groups -OCH3 is 2. The molecule has 0 spiro atoms. The van der Waals surface area contributed by atoms with Crippen LogP contribution < -0.4 is 15.0 Å². The molecule has 0 saturated heterocycles. The van der Waals surface area contributed by atoms with Crippen LogP contribution in [0.4, 0.5) is 0 Å². The monoisotopic (exact) mass is 474 g/mol. The molecule has 0 fully saturated rings. The standard InChI is InChI=1S/C27H30N4O4/c1-18-25-27(33)29-24(17-20-12-13-22(34-2)23(16-20)35-3)30-31(25)26(28-18)21(14-15-32)11-7-10-19-8-5-4-6-9-19/h4-10,12-13,16,21,32H,11,14-15,17H2,1-3H3,(H,29,30,33)/b10-7+. The second-order valence-electron chi connectivity index (χ2n) is 8.34. The number of aryl methyl sites for hydroxylation is 1. The van der Waals surface area contributed by atoms with Crippen LogP contribution in [0.2, 0.25) is 0 Å². The first-order valence-electron chi connectivity index (χ1n) is 11.6. The van der Waals surface area contributed by atoms with Crippen LogP contribution in [0, 0.1) is 6.92 Å². The van der Waals surface area contributed by atoms with Gasteiger partial charge in [-0.05, 0) is 43.0 Å². The highest BCUT2D eigenvalue weighted by molar-refractivity contribution is 5.51. The number of aromatic nitrogens is 4. The number of hydrogen-bond acceptors (Lipinski definition) is 6. The van der Waals surface area contributed by atoms with Crippen molar-refractivity contribution in [3.8, 4) is 11.5 Å². The van der Waals surface area contributed by atoms with Crippen molar-refractivity contribution in [1.29, 1.82) is 0 Å². The van der Waals surface area contributed by atoms with E-state index in [1.165, 1.54) is 0 Å². The maximum atomic E-state index is 13.0. The van der Waals surface area contributed by atoms with E-state index in [4.69, 9.17) is 19.6 Å². The number of aliphatic hydroxyl groups is 1. The van der Waals surface area contributed by atoms with Gasteiger partial charge in [0.15, 0.2) is 17.0 Å². The quantitative estimate of drug-likeness (QED) is 0.361. The molecular formula is C27H30N4O4. The Morgan fingerprint density at radius 3 is 2.60 bits per heavy atom. The summed E-state index contributed by atoms with van der Waals surface area (Å²) in [5.74, 6) is 2.33. The molecule has 0 amide bonds. The summed E-state index contributed by atoms with van der Waals surface area (Å²) < 4.78 is 12.3. The van der Waals surface area contributed by atoms with Gasteiger partial charge in [-0.25, -0.2) is 9.50 Å². The zero-order valence-electron chi connectivity index (χ0n) is 20.2. The Morgan fingerprint density at radius 1 is 1.11 bits per heavy atom. The largest absolute Gasteiger partial charge is 0.493 e. The van der Waals surface area contributed by atoms with Crippen LogP contribution in [-0.2, 0) is 6.42 Å². The minimum absolute atomic E-state index is 0.0134. The summed E-state index contributed by atoms with van der Waals surface area (Å²) in [5.41, 5.74) is 2.81. The Hall–Kier alpha value is -3.91. The highest BCUT2D eigenvalue weighted by Gasteiger charge is 2.21. The summed E-state index contributed by atoms with van der Waals surface area (Å²) in [5, 5.41) is 14.5. The normalized spacial score (nSPS) is 12.3. The molecule has 1 atom stereocenters. The molecule has 0 aliphatic carbocycles. The highest BCUT2D eigenvalue weighted by Crippen LogP contribution is 2.28. The molecule has 35 heavy (non-hydrogen) atoms. The Bertz CT molecular complexity index is 1380. The van der Waals surface area contributed by atoms with Crippen molar-refractivity contribution < 1.29 is 14.6 Å². The number of nitrogens with one attached hydrogen (secondary N) is 1. The zero-order valence-corrected chi connectivity index (χ0v) is 20.2.